The number of fused-ring (bicyclic) bond motifs is 1. The van der Waals surface area contributed by atoms with Crippen molar-refractivity contribution in [3.8, 4) is 0 Å². The molecule has 1 fully saturated rings. The summed E-state index contributed by atoms with van der Waals surface area (Å²) in [6, 6.07) is 2.51. The normalized spacial score (nSPS) is 18.3. The van der Waals surface area contributed by atoms with E-state index in [0.717, 1.165) is 43.7 Å². The maximum absolute atomic E-state index is 12.4. The minimum absolute atomic E-state index is 0.0731. The zero-order valence-corrected chi connectivity index (χ0v) is 17.8. The van der Waals surface area contributed by atoms with E-state index in [1.165, 1.54) is 12.5 Å². The first kappa shape index (κ1) is 22.8. The number of piperidine rings is 1. The van der Waals surface area contributed by atoms with E-state index in [-0.39, 0.29) is 32.0 Å². The molecule has 170 valence electrons. The van der Waals surface area contributed by atoms with E-state index in [4.69, 9.17) is 0 Å². The van der Waals surface area contributed by atoms with Crippen LogP contribution in [0.15, 0.2) is 12.1 Å². The second kappa shape index (κ2) is 9.95. The monoisotopic (exact) mass is 433 g/mol. The number of nitrogens with zero attached hydrogens (tertiary/aromatic N) is 2. The Morgan fingerprint density at radius 1 is 1.29 bits per heavy atom. The van der Waals surface area contributed by atoms with Crippen molar-refractivity contribution in [2.24, 2.45) is 0 Å². The van der Waals surface area contributed by atoms with Crippen molar-refractivity contribution in [2.75, 3.05) is 31.5 Å². The first-order chi connectivity index (χ1) is 14.8. The Kier molecular flexibility index (Phi) is 7.32. The van der Waals surface area contributed by atoms with Crippen molar-refractivity contribution in [3.63, 3.8) is 0 Å². The molecule has 1 aromatic rings. The number of aryl methyl sites for hydroxylation is 2. The number of aliphatic hydroxyl groups is 1. The van der Waals surface area contributed by atoms with Crippen LogP contribution in [-0.2, 0) is 22.4 Å². The fourth-order valence-corrected chi connectivity index (χ4v) is 4.10. The summed E-state index contributed by atoms with van der Waals surface area (Å²) in [6.07, 6.45) is 3.82. The third-order valence-electron chi connectivity index (χ3n) is 5.89. The number of carboxylic acid groups (broad SMARTS) is 1. The Morgan fingerprint density at radius 3 is 2.71 bits per heavy atom. The molecule has 3 rings (SSSR count). The van der Waals surface area contributed by atoms with Crippen molar-refractivity contribution in [2.45, 2.75) is 57.1 Å². The molecule has 0 aliphatic carbocycles. The molecular weight excluding hydrogens is 402 g/mol. The van der Waals surface area contributed by atoms with Gasteiger partial charge in [-0.1, -0.05) is 6.07 Å². The van der Waals surface area contributed by atoms with Crippen LogP contribution in [0.3, 0.4) is 0 Å². The summed E-state index contributed by atoms with van der Waals surface area (Å²) in [5.41, 5.74) is 0.653. The molecule has 0 aromatic carbocycles. The number of aliphatic carboxylic acids is 1. The lowest BCUT2D eigenvalue weighted by Gasteiger charge is -2.41. The van der Waals surface area contributed by atoms with Gasteiger partial charge in [0.05, 0.1) is 5.60 Å². The molecule has 1 aromatic heterocycles. The Bertz CT molecular complexity index is 822. The molecule has 1 unspecified atom stereocenters. The fraction of sp³-hybridized carbons (Fsp3) is 0.619. The lowest BCUT2D eigenvalue weighted by molar-refractivity contribution is -0.152. The van der Waals surface area contributed by atoms with Gasteiger partial charge >= 0.3 is 12.0 Å². The number of urea groups is 1. The van der Waals surface area contributed by atoms with Gasteiger partial charge in [0.2, 0.25) is 5.91 Å². The number of carbonyl (C=O) groups is 3. The summed E-state index contributed by atoms with van der Waals surface area (Å²) in [4.78, 5) is 41.3. The number of pyridine rings is 1. The molecule has 0 saturated carbocycles. The Morgan fingerprint density at radius 2 is 2.03 bits per heavy atom. The molecule has 10 nitrogen and oxygen atoms in total. The van der Waals surface area contributed by atoms with Gasteiger partial charge in [0.15, 0.2) is 6.04 Å². The molecule has 1 saturated heterocycles. The van der Waals surface area contributed by atoms with E-state index in [2.05, 4.69) is 27.0 Å². The van der Waals surface area contributed by atoms with E-state index >= 15 is 0 Å². The standard InChI is InChI=1S/C21H31N5O5/c1-14(27)24-17(19(28)29)21(31)8-12-26(13-9-21)20(30)23-11-3-5-16-7-6-15-4-2-10-22-18(15)25-16/h6-7,17,31H,2-5,8-13H2,1H3,(H,22,25)(H,23,30)(H,24,27)(H,28,29). The molecule has 3 heterocycles. The van der Waals surface area contributed by atoms with E-state index in [1.54, 1.807) is 4.90 Å². The van der Waals surface area contributed by atoms with Crippen molar-refractivity contribution < 1.29 is 24.6 Å². The van der Waals surface area contributed by atoms with Gasteiger partial charge in [-0.2, -0.15) is 0 Å². The van der Waals surface area contributed by atoms with Crippen LogP contribution in [0.1, 0.15) is 43.9 Å². The highest BCUT2D eigenvalue weighted by molar-refractivity contribution is 5.83. The minimum atomic E-state index is -1.58. The number of anilines is 1. The van der Waals surface area contributed by atoms with Crippen LogP contribution in [0, 0.1) is 0 Å². The third-order valence-corrected chi connectivity index (χ3v) is 5.89. The van der Waals surface area contributed by atoms with Gasteiger partial charge < -0.3 is 31.1 Å². The summed E-state index contributed by atoms with van der Waals surface area (Å²) in [6.45, 7) is 3.07. The zero-order valence-electron chi connectivity index (χ0n) is 17.8. The molecule has 0 bridgehead atoms. The van der Waals surface area contributed by atoms with E-state index in [0.29, 0.717) is 6.54 Å². The summed E-state index contributed by atoms with van der Waals surface area (Å²) < 4.78 is 0. The summed E-state index contributed by atoms with van der Waals surface area (Å²) >= 11 is 0. The minimum Gasteiger partial charge on any atom is -0.480 e. The molecular formula is C21H31N5O5. The largest absolute Gasteiger partial charge is 0.480 e. The second-order valence-electron chi connectivity index (χ2n) is 8.24. The summed E-state index contributed by atoms with van der Waals surface area (Å²) in [5, 5.41) is 28.5. The van der Waals surface area contributed by atoms with Crippen LogP contribution in [0.5, 0.6) is 0 Å². The summed E-state index contributed by atoms with van der Waals surface area (Å²) in [5.74, 6) is -0.848. The van der Waals surface area contributed by atoms with Gasteiger partial charge in [-0.25, -0.2) is 14.6 Å². The number of hydrogen-bond donors (Lipinski definition) is 5. The first-order valence-corrected chi connectivity index (χ1v) is 10.8. The number of carbonyl (C=O) groups excluding carboxylic acids is 2. The number of rotatable bonds is 7. The van der Waals surface area contributed by atoms with Gasteiger partial charge in [-0.3, -0.25) is 4.79 Å². The highest BCUT2D eigenvalue weighted by Gasteiger charge is 2.45. The number of aromatic nitrogens is 1. The fourth-order valence-electron chi connectivity index (χ4n) is 4.10. The lowest BCUT2D eigenvalue weighted by atomic mass is 9.84. The highest BCUT2D eigenvalue weighted by Crippen LogP contribution is 2.26. The van der Waals surface area contributed by atoms with E-state index < -0.39 is 23.5 Å². The Balaban J connectivity index is 1.42. The van der Waals surface area contributed by atoms with Crippen molar-refractivity contribution in [3.05, 3.63) is 23.4 Å². The quantitative estimate of drug-likeness (QED) is 0.394. The van der Waals surface area contributed by atoms with Crippen LogP contribution >= 0.6 is 0 Å². The number of hydrogen-bond acceptors (Lipinski definition) is 6. The van der Waals surface area contributed by atoms with E-state index in [1.807, 2.05) is 6.07 Å². The van der Waals surface area contributed by atoms with Gasteiger partial charge in [-0.05, 0) is 50.2 Å². The Hall–Kier alpha value is -2.88. The smallest absolute Gasteiger partial charge is 0.329 e. The number of carboxylic acids is 1. The van der Waals surface area contributed by atoms with Crippen molar-refractivity contribution in [1.29, 1.82) is 0 Å². The molecule has 5 N–H and O–H groups in total. The van der Waals surface area contributed by atoms with Crippen LogP contribution in [0.25, 0.3) is 0 Å². The molecule has 31 heavy (non-hydrogen) atoms. The third kappa shape index (κ3) is 5.84. The van der Waals surface area contributed by atoms with Crippen LogP contribution in [0.4, 0.5) is 10.6 Å². The highest BCUT2D eigenvalue weighted by atomic mass is 16.4. The van der Waals surface area contributed by atoms with Crippen molar-refractivity contribution in [1.82, 2.24) is 20.5 Å². The maximum Gasteiger partial charge on any atom is 0.329 e. The van der Waals surface area contributed by atoms with Gasteiger partial charge in [0.25, 0.3) is 0 Å². The first-order valence-electron chi connectivity index (χ1n) is 10.8. The predicted octanol–water partition coefficient (Wildman–Crippen LogP) is 0.498. The topological polar surface area (TPSA) is 144 Å². The van der Waals surface area contributed by atoms with Crippen LogP contribution in [0.2, 0.25) is 0 Å². The molecule has 1 atom stereocenters. The maximum atomic E-state index is 12.4. The lowest BCUT2D eigenvalue weighted by Crippen LogP contribution is -2.61. The molecule has 2 aliphatic heterocycles. The van der Waals surface area contributed by atoms with Gasteiger partial charge in [-0.15, -0.1) is 0 Å². The number of nitrogens with one attached hydrogen (secondary N) is 3. The van der Waals surface area contributed by atoms with Crippen LogP contribution < -0.4 is 16.0 Å². The average Bonchev–Trinajstić information content (AvgIpc) is 2.75. The van der Waals surface area contributed by atoms with E-state index in [9.17, 15) is 24.6 Å². The number of amides is 3. The predicted molar refractivity (Wildman–Crippen MR) is 114 cm³/mol. The summed E-state index contributed by atoms with van der Waals surface area (Å²) in [7, 11) is 0. The second-order valence-corrected chi connectivity index (χ2v) is 8.24. The van der Waals surface area contributed by atoms with Gasteiger partial charge in [0, 0.05) is 38.8 Å². The van der Waals surface area contributed by atoms with Crippen LogP contribution in [-0.4, -0.2) is 75.8 Å². The molecule has 3 amide bonds. The van der Waals surface area contributed by atoms with Crippen molar-refractivity contribution >= 4 is 23.7 Å². The Labute approximate surface area is 181 Å². The van der Waals surface area contributed by atoms with Gasteiger partial charge in [0.1, 0.15) is 5.82 Å². The average molecular weight is 434 g/mol. The zero-order chi connectivity index (χ0) is 22.4. The molecule has 0 radical (unpaired) electrons. The molecule has 10 heteroatoms. The SMILES string of the molecule is CC(=O)NC(C(=O)O)C1(O)CCN(C(=O)NCCCc2ccc3c(n2)NCCC3)CC1. The molecule has 0 spiro atoms. The molecule has 2 aliphatic rings. The number of likely N-dealkylation sites (tertiary alicyclic amines) is 1.